The van der Waals surface area contributed by atoms with Crippen LogP contribution in [0.25, 0.3) is 11.3 Å². The highest BCUT2D eigenvalue weighted by Gasteiger charge is 2.05. The number of hydrogen-bond donors (Lipinski definition) is 1. The minimum absolute atomic E-state index is 0.00747. The standard InChI is InChI=1S/C14H16N2O2S/c1-10(17)15-8-7-14-16-13(9-19-14)11-3-5-12(18-2)6-4-11/h3-6,9H,7-8H2,1-2H3,(H,15,17). The molecule has 0 atom stereocenters. The molecule has 0 spiro atoms. The van der Waals surface area contributed by atoms with Crippen LogP contribution in [0, 0.1) is 0 Å². The highest BCUT2D eigenvalue weighted by atomic mass is 32.1. The molecule has 1 amide bonds. The molecule has 5 heteroatoms. The van der Waals surface area contributed by atoms with Gasteiger partial charge in [-0.1, -0.05) is 0 Å². The van der Waals surface area contributed by atoms with Crippen LogP contribution in [0.4, 0.5) is 0 Å². The van der Waals surface area contributed by atoms with Crippen molar-refractivity contribution in [1.29, 1.82) is 0 Å². The molecule has 1 aromatic heterocycles. The Morgan fingerprint density at radius 3 is 2.74 bits per heavy atom. The van der Waals surface area contributed by atoms with Crippen molar-refractivity contribution in [2.45, 2.75) is 13.3 Å². The molecule has 0 saturated carbocycles. The van der Waals surface area contributed by atoms with Gasteiger partial charge in [-0.15, -0.1) is 11.3 Å². The molecule has 0 unspecified atom stereocenters. The first-order valence-electron chi connectivity index (χ1n) is 6.02. The van der Waals surface area contributed by atoms with E-state index in [1.807, 2.05) is 29.6 Å². The molecule has 0 saturated heterocycles. The van der Waals surface area contributed by atoms with Crippen LogP contribution in [-0.2, 0) is 11.2 Å². The largest absolute Gasteiger partial charge is 0.497 e. The van der Waals surface area contributed by atoms with E-state index in [1.165, 1.54) is 6.92 Å². The summed E-state index contributed by atoms with van der Waals surface area (Å²) < 4.78 is 5.13. The maximum Gasteiger partial charge on any atom is 0.216 e. The summed E-state index contributed by atoms with van der Waals surface area (Å²) in [5.74, 6) is 0.830. The first kappa shape index (κ1) is 13.5. The summed E-state index contributed by atoms with van der Waals surface area (Å²) in [6.45, 7) is 2.15. The molecule has 4 nitrogen and oxygen atoms in total. The number of nitrogens with one attached hydrogen (secondary N) is 1. The van der Waals surface area contributed by atoms with Gasteiger partial charge in [-0.2, -0.15) is 0 Å². The summed E-state index contributed by atoms with van der Waals surface area (Å²) in [4.78, 5) is 15.3. The Hall–Kier alpha value is -1.88. The molecule has 0 radical (unpaired) electrons. The van der Waals surface area contributed by atoms with Crippen LogP contribution in [0.1, 0.15) is 11.9 Å². The number of methoxy groups -OCH3 is 1. The summed E-state index contributed by atoms with van der Waals surface area (Å²) in [5.41, 5.74) is 2.04. The summed E-state index contributed by atoms with van der Waals surface area (Å²) in [6.07, 6.45) is 0.764. The Labute approximate surface area is 116 Å². The van der Waals surface area contributed by atoms with Crippen molar-refractivity contribution >= 4 is 17.2 Å². The van der Waals surface area contributed by atoms with Gasteiger partial charge in [-0.25, -0.2) is 4.98 Å². The van der Waals surface area contributed by atoms with Gasteiger partial charge < -0.3 is 10.1 Å². The van der Waals surface area contributed by atoms with Crippen molar-refractivity contribution in [3.8, 4) is 17.0 Å². The second kappa shape index (κ2) is 6.33. The van der Waals surface area contributed by atoms with E-state index >= 15 is 0 Å². The van der Waals surface area contributed by atoms with Gasteiger partial charge in [0, 0.05) is 30.8 Å². The lowest BCUT2D eigenvalue weighted by atomic mass is 10.2. The number of hydrogen-bond acceptors (Lipinski definition) is 4. The Balaban J connectivity index is 2.01. The molecular weight excluding hydrogens is 260 g/mol. The van der Waals surface area contributed by atoms with Crippen molar-refractivity contribution in [3.05, 3.63) is 34.7 Å². The molecule has 1 heterocycles. The summed E-state index contributed by atoms with van der Waals surface area (Å²) in [5, 5.41) is 5.83. The number of amides is 1. The number of ether oxygens (including phenoxy) is 1. The SMILES string of the molecule is COc1ccc(-c2csc(CCNC(C)=O)n2)cc1. The second-order valence-electron chi connectivity index (χ2n) is 4.09. The van der Waals surface area contributed by atoms with Crippen molar-refractivity contribution in [2.24, 2.45) is 0 Å². The lowest BCUT2D eigenvalue weighted by Gasteiger charge is -2.01. The number of rotatable bonds is 5. The zero-order chi connectivity index (χ0) is 13.7. The van der Waals surface area contributed by atoms with Crippen molar-refractivity contribution in [1.82, 2.24) is 10.3 Å². The van der Waals surface area contributed by atoms with Crippen LogP contribution in [0.2, 0.25) is 0 Å². The highest BCUT2D eigenvalue weighted by molar-refractivity contribution is 7.09. The maximum absolute atomic E-state index is 10.8. The van der Waals surface area contributed by atoms with E-state index in [-0.39, 0.29) is 5.91 Å². The molecule has 0 aliphatic carbocycles. The predicted molar refractivity (Wildman–Crippen MR) is 76.5 cm³/mol. The monoisotopic (exact) mass is 276 g/mol. The first-order chi connectivity index (χ1) is 9.19. The Morgan fingerprint density at radius 1 is 1.37 bits per heavy atom. The third-order valence-corrected chi connectivity index (χ3v) is 3.56. The van der Waals surface area contributed by atoms with Crippen LogP contribution in [0.3, 0.4) is 0 Å². The maximum atomic E-state index is 10.8. The van der Waals surface area contributed by atoms with E-state index in [0.717, 1.165) is 28.4 Å². The molecule has 19 heavy (non-hydrogen) atoms. The minimum Gasteiger partial charge on any atom is -0.497 e. The zero-order valence-electron chi connectivity index (χ0n) is 11.0. The molecule has 100 valence electrons. The average Bonchev–Trinajstić information content (AvgIpc) is 2.87. The number of benzene rings is 1. The number of aromatic nitrogens is 1. The van der Waals surface area contributed by atoms with Crippen LogP contribution < -0.4 is 10.1 Å². The highest BCUT2D eigenvalue weighted by Crippen LogP contribution is 2.24. The van der Waals surface area contributed by atoms with Crippen molar-refractivity contribution < 1.29 is 9.53 Å². The van der Waals surface area contributed by atoms with Crippen LogP contribution in [0.5, 0.6) is 5.75 Å². The predicted octanol–water partition coefficient (Wildman–Crippen LogP) is 2.50. The van der Waals surface area contributed by atoms with E-state index in [9.17, 15) is 4.79 Å². The summed E-state index contributed by atoms with van der Waals surface area (Å²) >= 11 is 1.61. The lowest BCUT2D eigenvalue weighted by molar-refractivity contribution is -0.118. The van der Waals surface area contributed by atoms with E-state index < -0.39 is 0 Å². The summed E-state index contributed by atoms with van der Waals surface area (Å²) in [7, 11) is 1.65. The van der Waals surface area contributed by atoms with E-state index in [0.29, 0.717) is 6.54 Å². The van der Waals surface area contributed by atoms with Crippen molar-refractivity contribution in [2.75, 3.05) is 13.7 Å². The third-order valence-electron chi connectivity index (χ3n) is 2.65. The quantitative estimate of drug-likeness (QED) is 0.913. The van der Waals surface area contributed by atoms with Crippen LogP contribution in [0.15, 0.2) is 29.6 Å². The number of nitrogens with zero attached hydrogens (tertiary/aromatic N) is 1. The van der Waals surface area contributed by atoms with Crippen LogP contribution >= 0.6 is 11.3 Å². The molecule has 1 N–H and O–H groups in total. The summed E-state index contributed by atoms with van der Waals surface area (Å²) in [6, 6.07) is 7.83. The van der Waals surface area contributed by atoms with Gasteiger partial charge in [0.25, 0.3) is 0 Å². The van der Waals surface area contributed by atoms with Crippen LogP contribution in [-0.4, -0.2) is 24.5 Å². The number of carbonyl (C=O) groups excluding carboxylic acids is 1. The lowest BCUT2D eigenvalue weighted by Crippen LogP contribution is -2.22. The molecule has 0 aliphatic heterocycles. The van der Waals surface area contributed by atoms with E-state index in [2.05, 4.69) is 10.3 Å². The minimum atomic E-state index is -0.00747. The first-order valence-corrected chi connectivity index (χ1v) is 6.90. The third kappa shape index (κ3) is 3.79. The van der Waals surface area contributed by atoms with Gasteiger partial charge in [0.15, 0.2) is 0 Å². The fourth-order valence-electron chi connectivity index (χ4n) is 1.67. The van der Waals surface area contributed by atoms with Gasteiger partial charge >= 0.3 is 0 Å². The average molecular weight is 276 g/mol. The Bertz CT molecular complexity index is 549. The molecule has 2 aromatic rings. The van der Waals surface area contributed by atoms with Gasteiger partial charge in [0.2, 0.25) is 5.91 Å². The normalized spacial score (nSPS) is 10.2. The molecule has 2 rings (SSSR count). The van der Waals surface area contributed by atoms with E-state index in [4.69, 9.17) is 4.74 Å². The van der Waals surface area contributed by atoms with Crippen molar-refractivity contribution in [3.63, 3.8) is 0 Å². The number of thiazole rings is 1. The number of carbonyl (C=O) groups is 1. The van der Waals surface area contributed by atoms with Gasteiger partial charge in [-0.05, 0) is 24.3 Å². The molecule has 0 bridgehead atoms. The zero-order valence-corrected chi connectivity index (χ0v) is 11.8. The molecular formula is C14H16N2O2S. The smallest absolute Gasteiger partial charge is 0.216 e. The van der Waals surface area contributed by atoms with Gasteiger partial charge in [-0.3, -0.25) is 4.79 Å². The van der Waals surface area contributed by atoms with Gasteiger partial charge in [0.1, 0.15) is 5.75 Å². The Kier molecular flexibility index (Phi) is 4.52. The molecule has 1 aromatic carbocycles. The van der Waals surface area contributed by atoms with Gasteiger partial charge in [0.05, 0.1) is 17.8 Å². The topological polar surface area (TPSA) is 51.2 Å². The van der Waals surface area contributed by atoms with E-state index in [1.54, 1.807) is 18.4 Å². The second-order valence-corrected chi connectivity index (χ2v) is 5.03. The fourth-order valence-corrected chi connectivity index (χ4v) is 2.47. The molecule has 0 aliphatic rings. The molecule has 0 fully saturated rings. The fraction of sp³-hybridized carbons (Fsp3) is 0.286. The Morgan fingerprint density at radius 2 is 2.11 bits per heavy atom.